The van der Waals surface area contributed by atoms with Crippen molar-refractivity contribution in [2.45, 2.75) is 0 Å². The summed E-state index contributed by atoms with van der Waals surface area (Å²) in [6.45, 7) is 9.23. The van der Waals surface area contributed by atoms with Gasteiger partial charge in [-0.25, -0.2) is 0 Å². The van der Waals surface area contributed by atoms with Crippen molar-refractivity contribution in [3.63, 3.8) is 0 Å². The molecule has 0 aromatic heterocycles. The first kappa shape index (κ1) is 10.1. The molecule has 2 unspecified atom stereocenters. The molecule has 3 fully saturated rings. The van der Waals surface area contributed by atoms with Crippen LogP contribution in [0.15, 0.2) is 0 Å². The van der Waals surface area contributed by atoms with E-state index in [4.69, 9.17) is 0 Å². The van der Waals surface area contributed by atoms with Crippen LogP contribution in [0.25, 0.3) is 0 Å². The second kappa shape index (κ2) is 3.72. The number of rotatable bonds is 2. The summed E-state index contributed by atoms with van der Waals surface area (Å²) in [6.07, 6.45) is 0. The largest absolute Gasteiger partial charge is 0.306 e. The first-order valence-electron chi connectivity index (χ1n) is 6.33. The Labute approximate surface area is 93.0 Å². The quantitative estimate of drug-likeness (QED) is 0.636. The number of piperidine rings is 1. The Morgan fingerprint density at radius 1 is 0.867 bits per heavy atom. The van der Waals surface area contributed by atoms with Crippen molar-refractivity contribution in [1.29, 1.82) is 0 Å². The van der Waals surface area contributed by atoms with E-state index >= 15 is 0 Å². The molecule has 0 spiro atoms. The molecule has 0 aromatic rings. The molecule has 3 heteroatoms. The Balaban J connectivity index is 1.44. The van der Waals surface area contributed by atoms with Gasteiger partial charge in [0.15, 0.2) is 0 Å². The second-order valence-corrected chi connectivity index (χ2v) is 5.82. The molecule has 3 atom stereocenters. The summed E-state index contributed by atoms with van der Waals surface area (Å²) in [5.74, 6) is 3.15. The van der Waals surface area contributed by atoms with E-state index in [-0.39, 0.29) is 0 Å². The predicted octanol–water partition coefficient (Wildman–Crippen LogP) is 0.0414. The van der Waals surface area contributed by atoms with E-state index in [0.29, 0.717) is 0 Å². The summed E-state index contributed by atoms with van der Waals surface area (Å²) in [5, 5.41) is 0. The van der Waals surface area contributed by atoms with Gasteiger partial charge in [0.1, 0.15) is 0 Å². The number of piperazine rings is 1. The van der Waals surface area contributed by atoms with E-state index in [9.17, 15) is 0 Å². The lowest BCUT2D eigenvalue weighted by molar-refractivity contribution is 0.142. The second-order valence-electron chi connectivity index (χ2n) is 5.82. The van der Waals surface area contributed by atoms with Gasteiger partial charge in [-0.1, -0.05) is 0 Å². The Kier molecular flexibility index (Phi) is 2.49. The van der Waals surface area contributed by atoms with Gasteiger partial charge in [0, 0.05) is 45.8 Å². The van der Waals surface area contributed by atoms with E-state index < -0.39 is 0 Å². The molecule has 3 nitrogen and oxygen atoms in total. The van der Waals surface area contributed by atoms with Gasteiger partial charge in [0.05, 0.1) is 0 Å². The Morgan fingerprint density at radius 2 is 1.47 bits per heavy atom. The molecule has 86 valence electrons. The van der Waals surface area contributed by atoms with Gasteiger partial charge >= 0.3 is 0 Å². The summed E-state index contributed by atoms with van der Waals surface area (Å²) in [7, 11) is 4.50. The van der Waals surface area contributed by atoms with Crippen molar-refractivity contribution in [3.8, 4) is 0 Å². The first-order valence-corrected chi connectivity index (χ1v) is 6.33. The number of nitrogens with zero attached hydrogens (tertiary/aromatic N) is 3. The van der Waals surface area contributed by atoms with E-state index in [2.05, 4.69) is 28.8 Å². The van der Waals surface area contributed by atoms with Crippen molar-refractivity contribution in [1.82, 2.24) is 14.7 Å². The van der Waals surface area contributed by atoms with Crippen LogP contribution in [-0.4, -0.2) is 74.6 Å². The zero-order chi connectivity index (χ0) is 10.4. The normalized spacial score (nSPS) is 43.2. The highest BCUT2D eigenvalue weighted by atomic mass is 15.3. The molecule has 2 aliphatic heterocycles. The van der Waals surface area contributed by atoms with E-state index in [0.717, 1.165) is 17.8 Å². The molecule has 3 rings (SSSR count). The Bertz CT molecular complexity index is 223. The molecule has 0 bridgehead atoms. The van der Waals surface area contributed by atoms with E-state index in [1.54, 1.807) is 0 Å². The van der Waals surface area contributed by atoms with Crippen molar-refractivity contribution in [2.75, 3.05) is 59.9 Å². The lowest BCUT2D eigenvalue weighted by atomic mass is 10.2. The van der Waals surface area contributed by atoms with Crippen LogP contribution in [0.5, 0.6) is 0 Å². The van der Waals surface area contributed by atoms with Crippen molar-refractivity contribution in [3.05, 3.63) is 0 Å². The van der Waals surface area contributed by atoms with Crippen molar-refractivity contribution in [2.24, 2.45) is 17.8 Å². The highest BCUT2D eigenvalue weighted by Gasteiger charge is 2.54. The van der Waals surface area contributed by atoms with Crippen LogP contribution >= 0.6 is 0 Å². The van der Waals surface area contributed by atoms with Crippen molar-refractivity contribution < 1.29 is 0 Å². The zero-order valence-electron chi connectivity index (χ0n) is 10.0. The average Bonchev–Trinajstić information content (AvgIpc) is 2.69. The van der Waals surface area contributed by atoms with Gasteiger partial charge in [-0.3, -0.25) is 0 Å². The number of hydrogen-bond donors (Lipinski definition) is 0. The third-order valence-electron chi connectivity index (χ3n) is 4.62. The monoisotopic (exact) mass is 209 g/mol. The summed E-state index contributed by atoms with van der Waals surface area (Å²) in [4.78, 5) is 7.62. The number of likely N-dealkylation sites (N-methyl/N-ethyl adjacent to an activating group) is 1. The third-order valence-corrected chi connectivity index (χ3v) is 4.62. The third kappa shape index (κ3) is 1.93. The maximum absolute atomic E-state index is 2.68. The number of fused-ring (bicyclic) bond motifs is 1. The maximum atomic E-state index is 2.68. The fraction of sp³-hybridized carbons (Fsp3) is 1.00. The van der Waals surface area contributed by atoms with Gasteiger partial charge in [-0.15, -0.1) is 0 Å². The number of likely N-dealkylation sites (tertiary alicyclic amines) is 1. The van der Waals surface area contributed by atoms with E-state index in [1.165, 1.54) is 45.8 Å². The minimum absolute atomic E-state index is 1.05. The van der Waals surface area contributed by atoms with Crippen LogP contribution in [0.3, 0.4) is 0 Å². The summed E-state index contributed by atoms with van der Waals surface area (Å²) in [5.41, 5.74) is 0. The molecule has 0 N–H and O–H groups in total. The average molecular weight is 209 g/mol. The van der Waals surface area contributed by atoms with Crippen LogP contribution in [0.1, 0.15) is 0 Å². The topological polar surface area (TPSA) is 9.72 Å². The highest BCUT2D eigenvalue weighted by Crippen LogP contribution is 2.51. The van der Waals surface area contributed by atoms with Gasteiger partial charge in [0.2, 0.25) is 0 Å². The SMILES string of the molecule is CN1CCN(CC2C3CN(C)C[C@@H]32)CC1. The first-order chi connectivity index (χ1) is 7.24. The van der Waals surface area contributed by atoms with Gasteiger partial charge in [-0.2, -0.15) is 0 Å². The summed E-state index contributed by atoms with van der Waals surface area (Å²) < 4.78 is 0. The van der Waals surface area contributed by atoms with Crippen molar-refractivity contribution >= 4 is 0 Å². The van der Waals surface area contributed by atoms with E-state index in [1.807, 2.05) is 0 Å². The van der Waals surface area contributed by atoms with Crippen LogP contribution in [0.4, 0.5) is 0 Å². The van der Waals surface area contributed by atoms with Gasteiger partial charge < -0.3 is 14.7 Å². The van der Waals surface area contributed by atoms with Gasteiger partial charge in [0.25, 0.3) is 0 Å². The molecule has 0 radical (unpaired) electrons. The molecule has 1 aliphatic carbocycles. The molecule has 15 heavy (non-hydrogen) atoms. The standard InChI is InChI=1S/C12H23N3/c1-13-3-5-15(6-4-13)9-12-10-7-14(2)8-11(10)12/h10-12H,3-9H2,1-2H3/t10-,11?,12?/m0/s1. The van der Waals surface area contributed by atoms with Crippen LogP contribution < -0.4 is 0 Å². The lowest BCUT2D eigenvalue weighted by Crippen LogP contribution is -2.45. The minimum Gasteiger partial charge on any atom is -0.306 e. The molecule has 2 saturated heterocycles. The van der Waals surface area contributed by atoms with Crippen LogP contribution in [-0.2, 0) is 0 Å². The minimum atomic E-state index is 1.05. The Morgan fingerprint density at radius 3 is 2.07 bits per heavy atom. The fourth-order valence-corrected chi connectivity index (χ4v) is 3.46. The molecular formula is C12H23N3. The zero-order valence-corrected chi connectivity index (χ0v) is 10.0. The molecule has 3 aliphatic rings. The molecule has 1 saturated carbocycles. The highest BCUT2D eigenvalue weighted by molar-refractivity contribution is 5.05. The maximum Gasteiger partial charge on any atom is 0.0110 e. The molecular weight excluding hydrogens is 186 g/mol. The van der Waals surface area contributed by atoms with Gasteiger partial charge in [-0.05, 0) is 31.8 Å². The molecule has 2 heterocycles. The van der Waals surface area contributed by atoms with Crippen LogP contribution in [0.2, 0.25) is 0 Å². The van der Waals surface area contributed by atoms with Crippen LogP contribution in [0, 0.1) is 17.8 Å². The smallest absolute Gasteiger partial charge is 0.0110 e. The lowest BCUT2D eigenvalue weighted by Gasteiger charge is -2.33. The predicted molar refractivity (Wildman–Crippen MR) is 61.9 cm³/mol. The molecule has 0 amide bonds. The number of hydrogen-bond acceptors (Lipinski definition) is 3. The fourth-order valence-electron chi connectivity index (χ4n) is 3.46. The Hall–Kier alpha value is -0.120. The summed E-state index contributed by atoms with van der Waals surface area (Å²) in [6, 6.07) is 0. The molecule has 0 aromatic carbocycles. The summed E-state index contributed by atoms with van der Waals surface area (Å²) >= 11 is 0.